The van der Waals surface area contributed by atoms with Crippen LogP contribution in [0.3, 0.4) is 0 Å². The number of anilines is 1. The van der Waals surface area contributed by atoms with Crippen molar-refractivity contribution in [1.82, 2.24) is 10.2 Å². The lowest BCUT2D eigenvalue weighted by Crippen LogP contribution is -2.41. The number of hydrogen-bond acceptors (Lipinski definition) is 3. The van der Waals surface area contributed by atoms with E-state index in [1.165, 1.54) is 6.42 Å². The van der Waals surface area contributed by atoms with Gasteiger partial charge in [-0.1, -0.05) is 11.6 Å². The molecule has 1 amide bonds. The van der Waals surface area contributed by atoms with Crippen molar-refractivity contribution >= 4 is 35.6 Å². The Morgan fingerprint density at radius 1 is 1.48 bits per heavy atom. The van der Waals surface area contributed by atoms with Gasteiger partial charge in [-0.25, -0.2) is 0 Å². The normalized spacial score (nSPS) is 18.3. The van der Waals surface area contributed by atoms with Gasteiger partial charge in [0.15, 0.2) is 0 Å². The van der Waals surface area contributed by atoms with Gasteiger partial charge in [0.1, 0.15) is 0 Å². The first kappa shape index (κ1) is 18.2. The van der Waals surface area contributed by atoms with E-state index in [9.17, 15) is 4.79 Å². The number of halogens is 2. The summed E-state index contributed by atoms with van der Waals surface area (Å²) in [5.74, 6) is 0.0402. The van der Waals surface area contributed by atoms with Crippen molar-refractivity contribution in [3.05, 3.63) is 28.8 Å². The lowest BCUT2D eigenvalue weighted by molar-refractivity contribution is -0.117. The van der Waals surface area contributed by atoms with E-state index >= 15 is 0 Å². The fourth-order valence-corrected chi connectivity index (χ4v) is 2.94. The molecule has 1 unspecified atom stereocenters. The van der Waals surface area contributed by atoms with Crippen LogP contribution in [0.15, 0.2) is 18.2 Å². The zero-order valence-electron chi connectivity index (χ0n) is 12.5. The van der Waals surface area contributed by atoms with Gasteiger partial charge in [-0.3, -0.25) is 9.69 Å². The Labute approximate surface area is 137 Å². The van der Waals surface area contributed by atoms with Gasteiger partial charge >= 0.3 is 0 Å². The summed E-state index contributed by atoms with van der Waals surface area (Å²) < 4.78 is 0. The Kier molecular flexibility index (Phi) is 7.46. The number of likely N-dealkylation sites (tertiary alicyclic amines) is 1. The molecule has 1 aliphatic heterocycles. The van der Waals surface area contributed by atoms with E-state index < -0.39 is 0 Å². The van der Waals surface area contributed by atoms with Crippen LogP contribution >= 0.6 is 24.0 Å². The Bertz CT molecular complexity index is 482. The van der Waals surface area contributed by atoms with Gasteiger partial charge in [-0.15, -0.1) is 12.4 Å². The number of aryl methyl sites for hydroxylation is 1. The molecular formula is C15H23Cl2N3O. The molecule has 1 aliphatic rings. The van der Waals surface area contributed by atoms with Gasteiger partial charge in [0.2, 0.25) is 5.91 Å². The Balaban J connectivity index is 0.00000220. The average molecular weight is 332 g/mol. The zero-order chi connectivity index (χ0) is 14.5. The van der Waals surface area contributed by atoms with Crippen molar-refractivity contribution in [1.29, 1.82) is 0 Å². The molecule has 21 heavy (non-hydrogen) atoms. The van der Waals surface area contributed by atoms with Crippen molar-refractivity contribution in [2.24, 2.45) is 0 Å². The molecule has 0 aliphatic carbocycles. The standard InChI is InChI=1S/C15H22ClN3O.ClH/c1-11-8-12(16)5-6-14(11)18-15(20)10-19-7-3-4-13(19)9-17-2;/h5-6,8,13,17H,3-4,7,9-10H2,1-2H3,(H,18,20);1H. The molecule has 1 aromatic carbocycles. The fraction of sp³-hybridized carbons (Fsp3) is 0.533. The van der Waals surface area contributed by atoms with Gasteiger partial charge in [-0.05, 0) is 57.1 Å². The summed E-state index contributed by atoms with van der Waals surface area (Å²) >= 11 is 5.92. The molecule has 0 saturated carbocycles. The maximum atomic E-state index is 12.1. The van der Waals surface area contributed by atoms with E-state index in [1.807, 2.05) is 26.1 Å². The summed E-state index contributed by atoms with van der Waals surface area (Å²) in [5, 5.41) is 6.85. The number of nitrogens with zero attached hydrogens (tertiary/aromatic N) is 1. The van der Waals surface area contributed by atoms with Crippen molar-refractivity contribution in [2.75, 3.05) is 32.0 Å². The predicted molar refractivity (Wildman–Crippen MR) is 90.6 cm³/mol. The first-order chi connectivity index (χ1) is 9.60. The number of benzene rings is 1. The SMILES string of the molecule is CNCC1CCCN1CC(=O)Nc1ccc(Cl)cc1C.Cl. The number of amides is 1. The molecule has 6 heteroatoms. The summed E-state index contributed by atoms with van der Waals surface area (Å²) in [6, 6.07) is 5.97. The van der Waals surface area contributed by atoms with Crippen molar-refractivity contribution in [3.8, 4) is 0 Å². The highest BCUT2D eigenvalue weighted by atomic mass is 35.5. The highest BCUT2D eigenvalue weighted by molar-refractivity contribution is 6.30. The summed E-state index contributed by atoms with van der Waals surface area (Å²) in [7, 11) is 1.95. The van der Waals surface area contributed by atoms with E-state index in [4.69, 9.17) is 11.6 Å². The maximum absolute atomic E-state index is 12.1. The van der Waals surface area contributed by atoms with E-state index in [0.717, 1.165) is 30.8 Å². The number of rotatable bonds is 5. The van der Waals surface area contributed by atoms with Gasteiger partial charge in [-0.2, -0.15) is 0 Å². The third-order valence-electron chi connectivity index (χ3n) is 3.75. The molecular weight excluding hydrogens is 309 g/mol. The van der Waals surface area contributed by atoms with Crippen LogP contribution in [-0.2, 0) is 4.79 Å². The van der Waals surface area contributed by atoms with E-state index in [-0.39, 0.29) is 18.3 Å². The van der Waals surface area contributed by atoms with Crippen LogP contribution in [0.5, 0.6) is 0 Å². The van der Waals surface area contributed by atoms with Crippen LogP contribution in [0.4, 0.5) is 5.69 Å². The second-order valence-electron chi connectivity index (χ2n) is 5.33. The number of likely N-dealkylation sites (N-methyl/N-ethyl adjacent to an activating group) is 1. The van der Waals surface area contributed by atoms with Gasteiger partial charge in [0, 0.05) is 23.3 Å². The van der Waals surface area contributed by atoms with Crippen LogP contribution in [0.2, 0.25) is 5.02 Å². The van der Waals surface area contributed by atoms with Gasteiger partial charge < -0.3 is 10.6 Å². The summed E-state index contributed by atoms with van der Waals surface area (Å²) in [6.07, 6.45) is 2.33. The molecule has 1 fully saturated rings. The minimum atomic E-state index is 0. The lowest BCUT2D eigenvalue weighted by atomic mass is 10.2. The highest BCUT2D eigenvalue weighted by Gasteiger charge is 2.25. The highest BCUT2D eigenvalue weighted by Crippen LogP contribution is 2.20. The van der Waals surface area contributed by atoms with Crippen LogP contribution in [0.1, 0.15) is 18.4 Å². The quantitative estimate of drug-likeness (QED) is 0.871. The first-order valence-corrected chi connectivity index (χ1v) is 7.42. The molecule has 2 N–H and O–H groups in total. The van der Waals surface area contributed by atoms with Crippen molar-refractivity contribution in [3.63, 3.8) is 0 Å². The predicted octanol–water partition coefficient (Wildman–Crippen LogP) is 2.69. The maximum Gasteiger partial charge on any atom is 0.238 e. The largest absolute Gasteiger partial charge is 0.325 e. The van der Waals surface area contributed by atoms with E-state index in [0.29, 0.717) is 17.6 Å². The molecule has 1 heterocycles. The first-order valence-electron chi connectivity index (χ1n) is 7.05. The third-order valence-corrected chi connectivity index (χ3v) is 3.98. The minimum Gasteiger partial charge on any atom is -0.325 e. The van der Waals surface area contributed by atoms with E-state index in [2.05, 4.69) is 15.5 Å². The van der Waals surface area contributed by atoms with Crippen LogP contribution in [0, 0.1) is 6.92 Å². The molecule has 118 valence electrons. The number of carbonyl (C=O) groups excluding carboxylic acids is 1. The second kappa shape index (κ2) is 8.59. The van der Waals surface area contributed by atoms with Crippen LogP contribution < -0.4 is 10.6 Å². The minimum absolute atomic E-state index is 0. The lowest BCUT2D eigenvalue weighted by Gasteiger charge is -2.23. The molecule has 0 bridgehead atoms. The van der Waals surface area contributed by atoms with Crippen LogP contribution in [-0.4, -0.2) is 43.5 Å². The second-order valence-corrected chi connectivity index (χ2v) is 5.77. The van der Waals surface area contributed by atoms with E-state index in [1.54, 1.807) is 6.07 Å². The smallest absolute Gasteiger partial charge is 0.238 e. The fourth-order valence-electron chi connectivity index (χ4n) is 2.71. The molecule has 1 saturated heterocycles. The third kappa shape index (κ3) is 5.15. The van der Waals surface area contributed by atoms with Crippen molar-refractivity contribution in [2.45, 2.75) is 25.8 Å². The summed E-state index contributed by atoms with van der Waals surface area (Å²) in [4.78, 5) is 14.4. The zero-order valence-corrected chi connectivity index (χ0v) is 14.1. The molecule has 1 atom stereocenters. The average Bonchev–Trinajstić information content (AvgIpc) is 2.81. The Hall–Kier alpha value is -0.810. The number of hydrogen-bond donors (Lipinski definition) is 2. The molecule has 1 aromatic rings. The molecule has 2 rings (SSSR count). The molecule has 0 spiro atoms. The number of carbonyl (C=O) groups is 1. The molecule has 4 nitrogen and oxygen atoms in total. The monoisotopic (exact) mass is 331 g/mol. The number of nitrogens with one attached hydrogen (secondary N) is 2. The van der Waals surface area contributed by atoms with Gasteiger partial charge in [0.05, 0.1) is 6.54 Å². The topological polar surface area (TPSA) is 44.4 Å². The molecule has 0 radical (unpaired) electrons. The van der Waals surface area contributed by atoms with Gasteiger partial charge in [0.25, 0.3) is 0 Å². The Morgan fingerprint density at radius 3 is 2.90 bits per heavy atom. The van der Waals surface area contributed by atoms with Crippen LogP contribution in [0.25, 0.3) is 0 Å². The summed E-state index contributed by atoms with van der Waals surface area (Å²) in [5.41, 5.74) is 1.82. The van der Waals surface area contributed by atoms with Crippen molar-refractivity contribution < 1.29 is 4.79 Å². The Morgan fingerprint density at radius 2 is 2.24 bits per heavy atom. The molecule has 0 aromatic heterocycles. The summed E-state index contributed by atoms with van der Waals surface area (Å²) in [6.45, 7) is 4.34.